The number of rotatable bonds is 6. The Morgan fingerprint density at radius 1 is 1.59 bits per heavy atom. The highest BCUT2D eigenvalue weighted by molar-refractivity contribution is 5.02. The second kappa shape index (κ2) is 6.17. The van der Waals surface area contributed by atoms with E-state index in [1.165, 1.54) is 0 Å². The van der Waals surface area contributed by atoms with E-state index in [1.54, 1.807) is 0 Å². The Morgan fingerprint density at radius 2 is 2.47 bits per heavy atom. The Bertz CT molecular complexity index is 331. The summed E-state index contributed by atoms with van der Waals surface area (Å²) in [5.74, 6) is 1.73. The molecule has 1 N–H and O–H groups in total. The molecule has 1 aromatic heterocycles. The van der Waals surface area contributed by atoms with Crippen LogP contribution < -0.4 is 5.32 Å². The van der Waals surface area contributed by atoms with E-state index in [-0.39, 0.29) is 0 Å². The van der Waals surface area contributed by atoms with Crippen molar-refractivity contribution in [2.75, 3.05) is 19.8 Å². The molecule has 1 aliphatic rings. The molecule has 2 unspecified atom stereocenters. The first kappa shape index (κ1) is 12.6. The lowest BCUT2D eigenvalue weighted by molar-refractivity contribution is 0.175. The third kappa shape index (κ3) is 2.87. The SMILES string of the molecule is CCCNC(c1nccn1CC)C1CCOC1. The molecular weight excluding hydrogens is 214 g/mol. The van der Waals surface area contributed by atoms with Crippen molar-refractivity contribution in [1.82, 2.24) is 14.9 Å². The molecule has 4 nitrogen and oxygen atoms in total. The van der Waals surface area contributed by atoms with Crippen LogP contribution in [-0.2, 0) is 11.3 Å². The van der Waals surface area contributed by atoms with E-state index in [4.69, 9.17) is 4.74 Å². The van der Waals surface area contributed by atoms with Crippen molar-refractivity contribution < 1.29 is 4.74 Å². The monoisotopic (exact) mass is 237 g/mol. The van der Waals surface area contributed by atoms with Crippen LogP contribution in [0.5, 0.6) is 0 Å². The average Bonchev–Trinajstić information content (AvgIpc) is 3.00. The van der Waals surface area contributed by atoms with Crippen molar-refractivity contribution in [2.24, 2.45) is 5.92 Å². The van der Waals surface area contributed by atoms with Crippen LogP contribution in [0.1, 0.15) is 38.6 Å². The van der Waals surface area contributed by atoms with E-state index in [0.717, 1.165) is 45.0 Å². The van der Waals surface area contributed by atoms with Gasteiger partial charge in [-0.05, 0) is 26.3 Å². The topological polar surface area (TPSA) is 39.1 Å². The molecule has 4 heteroatoms. The van der Waals surface area contributed by atoms with Crippen molar-refractivity contribution in [3.8, 4) is 0 Å². The molecule has 2 heterocycles. The molecule has 1 saturated heterocycles. The highest BCUT2D eigenvalue weighted by Gasteiger charge is 2.29. The molecule has 17 heavy (non-hydrogen) atoms. The van der Waals surface area contributed by atoms with E-state index < -0.39 is 0 Å². The Labute approximate surface area is 103 Å². The van der Waals surface area contributed by atoms with Gasteiger partial charge < -0.3 is 14.6 Å². The Hall–Kier alpha value is -0.870. The minimum Gasteiger partial charge on any atom is -0.381 e. The number of hydrogen-bond acceptors (Lipinski definition) is 3. The van der Waals surface area contributed by atoms with Crippen molar-refractivity contribution >= 4 is 0 Å². The number of nitrogens with zero attached hydrogens (tertiary/aromatic N) is 2. The lowest BCUT2D eigenvalue weighted by atomic mass is 9.98. The first-order valence-corrected chi connectivity index (χ1v) is 6.69. The summed E-state index contributed by atoms with van der Waals surface area (Å²) in [4.78, 5) is 4.53. The molecule has 0 amide bonds. The van der Waals surface area contributed by atoms with Crippen molar-refractivity contribution in [3.63, 3.8) is 0 Å². The highest BCUT2D eigenvalue weighted by atomic mass is 16.5. The van der Waals surface area contributed by atoms with Gasteiger partial charge in [-0.2, -0.15) is 0 Å². The normalized spacial score (nSPS) is 21.9. The van der Waals surface area contributed by atoms with Gasteiger partial charge in [-0.15, -0.1) is 0 Å². The summed E-state index contributed by atoms with van der Waals surface area (Å²) >= 11 is 0. The van der Waals surface area contributed by atoms with Gasteiger partial charge in [0.15, 0.2) is 0 Å². The van der Waals surface area contributed by atoms with Crippen LogP contribution in [0.2, 0.25) is 0 Å². The molecule has 96 valence electrons. The predicted octanol–water partition coefficient (Wildman–Crippen LogP) is 1.98. The predicted molar refractivity (Wildman–Crippen MR) is 67.9 cm³/mol. The second-order valence-corrected chi connectivity index (χ2v) is 4.63. The van der Waals surface area contributed by atoms with E-state index >= 15 is 0 Å². The second-order valence-electron chi connectivity index (χ2n) is 4.63. The summed E-state index contributed by atoms with van der Waals surface area (Å²) in [5.41, 5.74) is 0. The van der Waals surface area contributed by atoms with Crippen LogP contribution in [0.15, 0.2) is 12.4 Å². The van der Waals surface area contributed by atoms with Crippen molar-refractivity contribution in [1.29, 1.82) is 0 Å². The fraction of sp³-hybridized carbons (Fsp3) is 0.769. The average molecular weight is 237 g/mol. The summed E-state index contributed by atoms with van der Waals surface area (Å²) in [6.07, 6.45) is 6.25. The highest BCUT2D eigenvalue weighted by Crippen LogP contribution is 2.27. The number of aromatic nitrogens is 2. The van der Waals surface area contributed by atoms with E-state index in [1.807, 2.05) is 6.20 Å². The number of aryl methyl sites for hydroxylation is 1. The molecule has 0 bridgehead atoms. The van der Waals surface area contributed by atoms with Gasteiger partial charge in [0.05, 0.1) is 12.6 Å². The van der Waals surface area contributed by atoms with E-state index in [2.05, 4.69) is 34.9 Å². The standard InChI is InChI=1S/C13H23N3O/c1-3-6-14-12(11-5-9-17-10-11)13-15-7-8-16(13)4-2/h7-8,11-12,14H,3-6,9-10H2,1-2H3. The summed E-state index contributed by atoms with van der Waals surface area (Å²) in [5, 5.41) is 3.63. The van der Waals surface area contributed by atoms with Gasteiger partial charge in [-0.3, -0.25) is 0 Å². The van der Waals surface area contributed by atoms with Crippen LogP contribution in [0.25, 0.3) is 0 Å². The maximum atomic E-state index is 5.51. The third-order valence-corrected chi connectivity index (χ3v) is 3.42. The van der Waals surface area contributed by atoms with Crippen LogP contribution in [-0.4, -0.2) is 29.3 Å². The van der Waals surface area contributed by atoms with Crippen molar-refractivity contribution in [3.05, 3.63) is 18.2 Å². The van der Waals surface area contributed by atoms with Gasteiger partial charge in [0, 0.05) is 31.5 Å². The number of hydrogen-bond donors (Lipinski definition) is 1. The van der Waals surface area contributed by atoms with Crippen LogP contribution in [0.3, 0.4) is 0 Å². The first-order chi connectivity index (χ1) is 8.36. The summed E-state index contributed by atoms with van der Waals surface area (Å²) in [6.45, 7) is 8.12. The van der Waals surface area contributed by atoms with Crippen LogP contribution in [0, 0.1) is 5.92 Å². The summed E-state index contributed by atoms with van der Waals surface area (Å²) in [7, 11) is 0. The zero-order valence-electron chi connectivity index (χ0n) is 10.9. The minimum atomic E-state index is 0.340. The molecular formula is C13H23N3O. The fourth-order valence-electron chi connectivity index (χ4n) is 2.45. The molecule has 2 rings (SSSR count). The molecule has 1 aliphatic heterocycles. The molecule has 0 saturated carbocycles. The van der Waals surface area contributed by atoms with E-state index in [0.29, 0.717) is 12.0 Å². The largest absolute Gasteiger partial charge is 0.381 e. The first-order valence-electron chi connectivity index (χ1n) is 6.69. The van der Waals surface area contributed by atoms with Crippen LogP contribution in [0.4, 0.5) is 0 Å². The van der Waals surface area contributed by atoms with Crippen LogP contribution >= 0.6 is 0 Å². The van der Waals surface area contributed by atoms with Gasteiger partial charge in [0.2, 0.25) is 0 Å². The number of imidazole rings is 1. The molecule has 0 aliphatic carbocycles. The molecule has 0 radical (unpaired) electrons. The smallest absolute Gasteiger partial charge is 0.126 e. The van der Waals surface area contributed by atoms with Gasteiger partial charge >= 0.3 is 0 Å². The summed E-state index contributed by atoms with van der Waals surface area (Å²) < 4.78 is 7.74. The lowest BCUT2D eigenvalue weighted by Crippen LogP contribution is -2.31. The molecule has 0 spiro atoms. The van der Waals surface area contributed by atoms with Gasteiger partial charge in [-0.25, -0.2) is 4.98 Å². The van der Waals surface area contributed by atoms with E-state index in [9.17, 15) is 0 Å². The summed E-state index contributed by atoms with van der Waals surface area (Å²) in [6, 6.07) is 0.340. The Kier molecular flexibility index (Phi) is 4.57. The number of nitrogens with one attached hydrogen (secondary N) is 1. The molecule has 0 aromatic carbocycles. The number of ether oxygens (including phenoxy) is 1. The quantitative estimate of drug-likeness (QED) is 0.822. The molecule has 2 atom stereocenters. The zero-order chi connectivity index (χ0) is 12.1. The fourth-order valence-corrected chi connectivity index (χ4v) is 2.45. The van der Waals surface area contributed by atoms with Gasteiger partial charge in [-0.1, -0.05) is 6.92 Å². The maximum absolute atomic E-state index is 5.51. The Balaban J connectivity index is 2.13. The minimum absolute atomic E-state index is 0.340. The maximum Gasteiger partial charge on any atom is 0.126 e. The van der Waals surface area contributed by atoms with Crippen molar-refractivity contribution in [2.45, 2.75) is 39.3 Å². The lowest BCUT2D eigenvalue weighted by Gasteiger charge is -2.24. The van der Waals surface area contributed by atoms with Gasteiger partial charge in [0.25, 0.3) is 0 Å². The molecule has 1 aromatic rings. The Morgan fingerprint density at radius 3 is 3.12 bits per heavy atom. The molecule has 1 fully saturated rings. The third-order valence-electron chi connectivity index (χ3n) is 3.42. The zero-order valence-corrected chi connectivity index (χ0v) is 10.9. The van der Waals surface area contributed by atoms with Gasteiger partial charge in [0.1, 0.15) is 5.82 Å².